The minimum absolute atomic E-state index is 0.130. The molecule has 31 heavy (non-hydrogen) atoms. The molecule has 0 amide bonds. The van der Waals surface area contributed by atoms with Crippen molar-refractivity contribution in [3.8, 4) is 11.3 Å². The summed E-state index contributed by atoms with van der Waals surface area (Å²) in [5, 5.41) is 11.2. The summed E-state index contributed by atoms with van der Waals surface area (Å²) in [7, 11) is 0. The maximum atomic E-state index is 13.3. The largest absolute Gasteiger partial charge is 0.388 e. The average molecular weight is 420 g/mol. The number of hydrogen-bond acceptors (Lipinski definition) is 3. The van der Waals surface area contributed by atoms with Crippen molar-refractivity contribution in [2.75, 3.05) is 0 Å². The van der Waals surface area contributed by atoms with Crippen LogP contribution < -0.4 is 0 Å². The van der Waals surface area contributed by atoms with Crippen molar-refractivity contribution in [3.05, 3.63) is 77.8 Å². The maximum absolute atomic E-state index is 13.3. The number of halogens is 1. The third-order valence-electron chi connectivity index (χ3n) is 6.75. The Bertz CT molecular complexity index is 1060. The summed E-state index contributed by atoms with van der Waals surface area (Å²) < 4.78 is 15.5. The molecule has 0 spiro atoms. The number of aromatic nitrogens is 3. The lowest BCUT2D eigenvalue weighted by molar-refractivity contribution is 0.0123. The van der Waals surface area contributed by atoms with Gasteiger partial charge in [0.15, 0.2) is 0 Å². The standard InChI is InChI=1S/C24H24FN3O.C2H6/c1-24-14-28-15-27-22(16-5-7-19(25)8-6-16)21(28)13-18(24)3-2-4-20(24)23(29)17-9-11-26-12-10-17;1-2/h5-13,15,20,23,29H,2-4,14H2,1H3;1-2H3/t20?,23-,24+;/m1./s1. The molecule has 0 radical (unpaired) electrons. The van der Waals surface area contributed by atoms with E-state index < -0.39 is 6.10 Å². The van der Waals surface area contributed by atoms with E-state index in [1.165, 1.54) is 17.7 Å². The molecule has 2 aliphatic rings. The Kier molecular flexibility index (Phi) is 6.05. The number of aliphatic hydroxyl groups is 1. The van der Waals surface area contributed by atoms with E-state index in [0.29, 0.717) is 0 Å². The number of imidazole rings is 1. The third-order valence-corrected chi connectivity index (χ3v) is 6.75. The van der Waals surface area contributed by atoms with E-state index in [0.717, 1.165) is 48.3 Å². The van der Waals surface area contributed by atoms with Crippen LogP contribution in [0.2, 0.25) is 0 Å². The normalized spacial score (nSPS) is 23.0. The van der Waals surface area contributed by atoms with Gasteiger partial charge in [-0.3, -0.25) is 4.98 Å². The van der Waals surface area contributed by atoms with Gasteiger partial charge in [-0.25, -0.2) is 9.37 Å². The molecule has 1 fully saturated rings. The zero-order chi connectivity index (χ0) is 22.0. The molecule has 4 nitrogen and oxygen atoms in total. The van der Waals surface area contributed by atoms with E-state index in [9.17, 15) is 9.50 Å². The molecule has 162 valence electrons. The van der Waals surface area contributed by atoms with Crippen LogP contribution in [0.15, 0.2) is 60.7 Å². The smallest absolute Gasteiger partial charge is 0.123 e. The predicted molar refractivity (Wildman–Crippen MR) is 122 cm³/mol. The molecule has 3 atom stereocenters. The molecule has 3 heterocycles. The monoisotopic (exact) mass is 419 g/mol. The van der Waals surface area contributed by atoms with Crippen molar-refractivity contribution >= 4 is 6.08 Å². The molecule has 5 heteroatoms. The highest BCUT2D eigenvalue weighted by Gasteiger charge is 2.46. The lowest BCUT2D eigenvalue weighted by Gasteiger charge is -2.48. The fraction of sp³-hybridized carbons (Fsp3) is 0.385. The van der Waals surface area contributed by atoms with E-state index in [1.54, 1.807) is 24.5 Å². The first kappa shape index (κ1) is 21.4. The van der Waals surface area contributed by atoms with Gasteiger partial charge in [0.2, 0.25) is 0 Å². The Morgan fingerprint density at radius 1 is 1.13 bits per heavy atom. The zero-order valence-electron chi connectivity index (χ0n) is 18.4. The summed E-state index contributed by atoms with van der Waals surface area (Å²) >= 11 is 0. The van der Waals surface area contributed by atoms with Gasteiger partial charge < -0.3 is 9.67 Å². The zero-order valence-corrected chi connectivity index (χ0v) is 18.4. The van der Waals surface area contributed by atoms with Crippen LogP contribution in [-0.4, -0.2) is 19.6 Å². The first-order valence-electron chi connectivity index (χ1n) is 11.2. The maximum Gasteiger partial charge on any atom is 0.123 e. The summed E-state index contributed by atoms with van der Waals surface area (Å²) in [6.07, 6.45) is 10.2. The molecule has 1 N–H and O–H groups in total. The third kappa shape index (κ3) is 3.83. The van der Waals surface area contributed by atoms with E-state index >= 15 is 0 Å². The van der Waals surface area contributed by atoms with Crippen LogP contribution in [0.4, 0.5) is 4.39 Å². The Balaban J connectivity index is 0.00000112. The topological polar surface area (TPSA) is 50.9 Å². The number of hydrogen-bond donors (Lipinski definition) is 1. The second-order valence-electron chi connectivity index (χ2n) is 8.42. The summed E-state index contributed by atoms with van der Waals surface area (Å²) in [4.78, 5) is 8.72. The van der Waals surface area contributed by atoms with Crippen LogP contribution in [0, 0.1) is 17.2 Å². The van der Waals surface area contributed by atoms with Crippen LogP contribution in [0.5, 0.6) is 0 Å². The molecule has 1 aromatic carbocycles. The first-order valence-corrected chi connectivity index (χ1v) is 11.2. The Labute approximate surface area is 183 Å². The number of pyridine rings is 1. The van der Waals surface area contributed by atoms with Gasteiger partial charge in [-0.2, -0.15) is 0 Å². The molecular weight excluding hydrogens is 389 g/mol. The molecule has 0 bridgehead atoms. The van der Waals surface area contributed by atoms with Crippen LogP contribution in [0.3, 0.4) is 0 Å². The van der Waals surface area contributed by atoms with Crippen molar-refractivity contribution in [3.63, 3.8) is 0 Å². The first-order chi connectivity index (χ1) is 15.1. The van der Waals surface area contributed by atoms with Gasteiger partial charge in [-0.05, 0) is 73.2 Å². The van der Waals surface area contributed by atoms with Crippen molar-refractivity contribution in [1.82, 2.24) is 14.5 Å². The lowest BCUT2D eigenvalue weighted by atomic mass is 9.60. The highest BCUT2D eigenvalue weighted by molar-refractivity contribution is 5.72. The van der Waals surface area contributed by atoms with Gasteiger partial charge in [-0.1, -0.05) is 26.3 Å². The molecular formula is C26H30FN3O. The molecule has 3 aromatic rings. The van der Waals surface area contributed by atoms with Crippen molar-refractivity contribution in [1.29, 1.82) is 0 Å². The van der Waals surface area contributed by atoms with Gasteiger partial charge >= 0.3 is 0 Å². The molecule has 5 rings (SSSR count). The van der Waals surface area contributed by atoms with E-state index in [-0.39, 0.29) is 17.2 Å². The second-order valence-corrected chi connectivity index (χ2v) is 8.42. The SMILES string of the molecule is CC.C[C@]12Cn3cnc(-c4ccc(F)cc4)c3C=C1CCCC2[C@H](O)c1ccncc1. The van der Waals surface area contributed by atoms with Gasteiger partial charge in [0.25, 0.3) is 0 Å². The lowest BCUT2D eigenvalue weighted by Crippen LogP contribution is -2.42. The Morgan fingerprint density at radius 3 is 2.55 bits per heavy atom. The van der Waals surface area contributed by atoms with Gasteiger partial charge in [-0.15, -0.1) is 0 Å². The Hall–Kier alpha value is -2.79. The number of benzene rings is 1. The summed E-state index contributed by atoms with van der Waals surface area (Å²) in [5.41, 5.74) is 5.05. The van der Waals surface area contributed by atoms with E-state index in [4.69, 9.17) is 0 Å². The average Bonchev–Trinajstić information content (AvgIpc) is 3.21. The van der Waals surface area contributed by atoms with Gasteiger partial charge in [0.1, 0.15) is 5.82 Å². The molecule has 0 saturated heterocycles. The number of fused-ring (bicyclic) bond motifs is 2. The van der Waals surface area contributed by atoms with E-state index in [1.807, 2.05) is 32.3 Å². The quantitative estimate of drug-likeness (QED) is 0.562. The molecule has 1 aliphatic heterocycles. The van der Waals surface area contributed by atoms with Crippen molar-refractivity contribution < 1.29 is 9.50 Å². The number of allylic oxidation sites excluding steroid dienone is 1. The minimum atomic E-state index is -0.520. The van der Waals surface area contributed by atoms with Crippen molar-refractivity contribution in [2.24, 2.45) is 11.3 Å². The summed E-state index contributed by atoms with van der Waals surface area (Å²) in [6, 6.07) is 10.3. The van der Waals surface area contributed by atoms with E-state index in [2.05, 4.69) is 27.5 Å². The van der Waals surface area contributed by atoms with Crippen LogP contribution in [0.1, 0.15) is 57.4 Å². The van der Waals surface area contributed by atoms with Crippen molar-refractivity contribution in [2.45, 2.75) is 52.7 Å². The second kappa shape index (κ2) is 8.75. The Morgan fingerprint density at radius 2 is 1.84 bits per heavy atom. The predicted octanol–water partition coefficient (Wildman–Crippen LogP) is 6.05. The minimum Gasteiger partial charge on any atom is -0.388 e. The molecule has 1 aliphatic carbocycles. The van der Waals surface area contributed by atoms with Crippen LogP contribution >= 0.6 is 0 Å². The number of aliphatic hydroxyl groups excluding tert-OH is 1. The summed E-state index contributed by atoms with van der Waals surface area (Å²) in [6.45, 7) is 7.06. The molecule has 1 unspecified atom stereocenters. The number of nitrogens with zero attached hydrogens (tertiary/aromatic N) is 3. The molecule has 2 aromatic heterocycles. The highest BCUT2D eigenvalue weighted by Crippen LogP contribution is 2.53. The van der Waals surface area contributed by atoms with Gasteiger partial charge in [0.05, 0.1) is 23.8 Å². The fourth-order valence-electron chi connectivity index (χ4n) is 5.13. The van der Waals surface area contributed by atoms with Gasteiger partial charge in [0, 0.05) is 29.9 Å². The highest BCUT2D eigenvalue weighted by atomic mass is 19.1. The number of rotatable bonds is 3. The summed E-state index contributed by atoms with van der Waals surface area (Å²) in [5.74, 6) is -0.109. The van der Waals surface area contributed by atoms with Crippen LogP contribution in [0.25, 0.3) is 17.3 Å². The molecule has 1 saturated carbocycles. The van der Waals surface area contributed by atoms with Crippen LogP contribution in [-0.2, 0) is 6.54 Å². The fourth-order valence-corrected chi connectivity index (χ4v) is 5.13.